The Morgan fingerprint density at radius 1 is 1.32 bits per heavy atom. The second-order valence-electron chi connectivity index (χ2n) is 5.14. The van der Waals surface area contributed by atoms with Crippen molar-refractivity contribution < 1.29 is 17.9 Å². The van der Waals surface area contributed by atoms with Gasteiger partial charge in [-0.1, -0.05) is 6.92 Å². The number of likely N-dealkylation sites (N-methyl/N-ethyl adjacent to an activating group) is 1. The van der Waals surface area contributed by atoms with Crippen molar-refractivity contribution in [1.29, 1.82) is 0 Å². The van der Waals surface area contributed by atoms with E-state index in [-0.39, 0.29) is 29.4 Å². The molecule has 0 aromatic heterocycles. The van der Waals surface area contributed by atoms with Crippen LogP contribution in [0.15, 0.2) is 0 Å². The molecule has 1 amide bonds. The number of amides is 1. The molecular formula is C12H22N2O4S. The molecule has 2 fully saturated rings. The Balaban J connectivity index is 1.99. The van der Waals surface area contributed by atoms with Gasteiger partial charge in [-0.25, -0.2) is 8.42 Å². The summed E-state index contributed by atoms with van der Waals surface area (Å²) >= 11 is 0. The summed E-state index contributed by atoms with van der Waals surface area (Å²) in [7, 11) is -2.97. The molecule has 7 heteroatoms. The summed E-state index contributed by atoms with van der Waals surface area (Å²) in [5.41, 5.74) is 0. The molecule has 0 aliphatic carbocycles. The third kappa shape index (κ3) is 3.67. The summed E-state index contributed by atoms with van der Waals surface area (Å²) in [4.78, 5) is 14.1. The maximum Gasteiger partial charge on any atom is 0.229 e. The SMILES string of the molecule is CCNC1COCC1C(=O)N1CCCS(=O)(=O)CC1. The Morgan fingerprint density at radius 3 is 2.84 bits per heavy atom. The fourth-order valence-corrected chi connectivity index (χ4v) is 3.93. The zero-order chi connectivity index (χ0) is 13.9. The molecule has 0 aromatic rings. The topological polar surface area (TPSA) is 75.7 Å². The zero-order valence-corrected chi connectivity index (χ0v) is 12.1. The molecule has 2 unspecified atom stereocenters. The van der Waals surface area contributed by atoms with Gasteiger partial charge in [0.05, 0.1) is 30.6 Å². The molecule has 2 aliphatic rings. The van der Waals surface area contributed by atoms with E-state index in [9.17, 15) is 13.2 Å². The second-order valence-corrected chi connectivity index (χ2v) is 7.44. The van der Waals surface area contributed by atoms with Crippen molar-refractivity contribution >= 4 is 15.7 Å². The Hall–Kier alpha value is -0.660. The van der Waals surface area contributed by atoms with Gasteiger partial charge in [-0.15, -0.1) is 0 Å². The summed E-state index contributed by atoms with van der Waals surface area (Å²) in [5.74, 6) is 0.119. The zero-order valence-electron chi connectivity index (χ0n) is 11.3. The fraction of sp³-hybridized carbons (Fsp3) is 0.917. The standard InChI is InChI=1S/C12H22N2O4S/c1-2-13-11-9-18-8-10(11)12(15)14-4-3-6-19(16,17)7-5-14/h10-11,13H,2-9H2,1H3. The lowest BCUT2D eigenvalue weighted by Crippen LogP contribution is -2.46. The molecule has 0 saturated carbocycles. The first-order valence-electron chi connectivity index (χ1n) is 6.84. The molecule has 2 aliphatic heterocycles. The largest absolute Gasteiger partial charge is 0.379 e. The van der Waals surface area contributed by atoms with Crippen LogP contribution in [0.4, 0.5) is 0 Å². The van der Waals surface area contributed by atoms with Crippen molar-refractivity contribution in [2.24, 2.45) is 5.92 Å². The minimum Gasteiger partial charge on any atom is -0.379 e. The quantitative estimate of drug-likeness (QED) is 0.741. The Kier molecular flexibility index (Phi) is 4.81. The maximum atomic E-state index is 12.5. The molecule has 2 atom stereocenters. The molecule has 2 saturated heterocycles. The van der Waals surface area contributed by atoms with Crippen molar-refractivity contribution in [3.05, 3.63) is 0 Å². The Labute approximate surface area is 114 Å². The van der Waals surface area contributed by atoms with Crippen molar-refractivity contribution in [1.82, 2.24) is 10.2 Å². The highest BCUT2D eigenvalue weighted by atomic mass is 32.2. The van der Waals surface area contributed by atoms with Crippen molar-refractivity contribution in [3.63, 3.8) is 0 Å². The van der Waals surface area contributed by atoms with E-state index in [0.717, 1.165) is 6.54 Å². The van der Waals surface area contributed by atoms with Crippen LogP contribution in [0, 0.1) is 5.92 Å². The van der Waals surface area contributed by atoms with Crippen LogP contribution in [0.5, 0.6) is 0 Å². The van der Waals surface area contributed by atoms with Crippen LogP contribution < -0.4 is 5.32 Å². The predicted molar refractivity (Wildman–Crippen MR) is 71.6 cm³/mol. The van der Waals surface area contributed by atoms with Gasteiger partial charge >= 0.3 is 0 Å². The predicted octanol–water partition coefficient (Wildman–Crippen LogP) is -0.742. The van der Waals surface area contributed by atoms with Gasteiger partial charge in [0.25, 0.3) is 0 Å². The molecule has 0 bridgehead atoms. The molecule has 110 valence electrons. The third-order valence-corrected chi connectivity index (χ3v) is 5.45. The van der Waals surface area contributed by atoms with Gasteiger partial charge in [-0.3, -0.25) is 4.79 Å². The molecule has 0 spiro atoms. The lowest BCUT2D eigenvalue weighted by atomic mass is 10.0. The van der Waals surface area contributed by atoms with Gasteiger partial charge in [-0.2, -0.15) is 0 Å². The summed E-state index contributed by atoms with van der Waals surface area (Å²) in [6.07, 6.45) is 0.535. The number of rotatable bonds is 3. The summed E-state index contributed by atoms with van der Waals surface area (Å²) < 4.78 is 28.5. The summed E-state index contributed by atoms with van der Waals surface area (Å²) in [6.45, 7) is 4.63. The first-order chi connectivity index (χ1) is 9.03. The molecule has 2 heterocycles. The van der Waals surface area contributed by atoms with Crippen LogP contribution >= 0.6 is 0 Å². The number of hydrogen-bond donors (Lipinski definition) is 1. The smallest absolute Gasteiger partial charge is 0.229 e. The lowest BCUT2D eigenvalue weighted by molar-refractivity contribution is -0.135. The van der Waals surface area contributed by atoms with Crippen LogP contribution in [0.25, 0.3) is 0 Å². The first kappa shape index (κ1) is 14.7. The molecular weight excluding hydrogens is 268 g/mol. The van der Waals surface area contributed by atoms with Gasteiger partial charge < -0.3 is 15.0 Å². The fourth-order valence-electron chi connectivity index (χ4n) is 2.65. The van der Waals surface area contributed by atoms with Crippen LogP contribution in [-0.4, -0.2) is 69.6 Å². The van der Waals surface area contributed by atoms with Crippen molar-refractivity contribution in [2.75, 3.05) is 44.4 Å². The van der Waals surface area contributed by atoms with Gasteiger partial charge in [0.2, 0.25) is 5.91 Å². The van der Waals surface area contributed by atoms with E-state index in [1.807, 2.05) is 6.92 Å². The van der Waals surface area contributed by atoms with E-state index in [1.54, 1.807) is 4.90 Å². The average molecular weight is 290 g/mol. The number of sulfone groups is 1. The maximum absolute atomic E-state index is 12.5. The van der Waals surface area contributed by atoms with Crippen LogP contribution in [0.3, 0.4) is 0 Å². The molecule has 2 rings (SSSR count). The highest BCUT2D eigenvalue weighted by molar-refractivity contribution is 7.91. The normalized spacial score (nSPS) is 31.1. The molecule has 0 aromatic carbocycles. The van der Waals surface area contributed by atoms with Crippen molar-refractivity contribution in [2.45, 2.75) is 19.4 Å². The molecule has 1 N–H and O–H groups in total. The van der Waals surface area contributed by atoms with E-state index in [0.29, 0.717) is 32.7 Å². The molecule has 19 heavy (non-hydrogen) atoms. The van der Waals surface area contributed by atoms with Crippen LogP contribution in [0.2, 0.25) is 0 Å². The van der Waals surface area contributed by atoms with Gasteiger partial charge in [0, 0.05) is 19.1 Å². The van der Waals surface area contributed by atoms with Gasteiger partial charge in [0.1, 0.15) is 0 Å². The Bertz CT molecular complexity index is 423. The number of hydrogen-bond acceptors (Lipinski definition) is 5. The number of ether oxygens (including phenoxy) is 1. The minimum atomic E-state index is -2.97. The minimum absolute atomic E-state index is 0.0283. The number of nitrogens with zero attached hydrogens (tertiary/aromatic N) is 1. The lowest BCUT2D eigenvalue weighted by Gasteiger charge is -2.26. The highest BCUT2D eigenvalue weighted by Crippen LogP contribution is 2.18. The Morgan fingerprint density at radius 2 is 2.11 bits per heavy atom. The highest BCUT2D eigenvalue weighted by Gasteiger charge is 2.36. The first-order valence-corrected chi connectivity index (χ1v) is 8.66. The van der Waals surface area contributed by atoms with E-state index >= 15 is 0 Å². The number of nitrogens with one attached hydrogen (secondary N) is 1. The monoisotopic (exact) mass is 290 g/mol. The third-order valence-electron chi connectivity index (χ3n) is 3.73. The van der Waals surface area contributed by atoms with Crippen LogP contribution in [0.1, 0.15) is 13.3 Å². The summed E-state index contributed by atoms with van der Waals surface area (Å²) in [6, 6.07) is 0.0531. The van der Waals surface area contributed by atoms with Crippen molar-refractivity contribution in [3.8, 4) is 0 Å². The second kappa shape index (κ2) is 6.19. The number of carbonyl (C=O) groups excluding carboxylic acids is 1. The van der Waals surface area contributed by atoms with Gasteiger partial charge in [-0.05, 0) is 13.0 Å². The van der Waals surface area contributed by atoms with E-state index in [1.165, 1.54) is 0 Å². The molecule has 6 nitrogen and oxygen atoms in total. The molecule has 0 radical (unpaired) electrons. The summed E-state index contributed by atoms with van der Waals surface area (Å²) in [5, 5.41) is 3.26. The van der Waals surface area contributed by atoms with E-state index in [2.05, 4.69) is 5.32 Å². The van der Waals surface area contributed by atoms with Gasteiger partial charge in [0.15, 0.2) is 9.84 Å². The number of carbonyl (C=O) groups is 1. The van der Waals surface area contributed by atoms with E-state index < -0.39 is 9.84 Å². The average Bonchev–Trinajstić information content (AvgIpc) is 2.73. The van der Waals surface area contributed by atoms with E-state index in [4.69, 9.17) is 4.74 Å². The van der Waals surface area contributed by atoms with Crippen LogP contribution in [-0.2, 0) is 19.4 Å².